The van der Waals surface area contributed by atoms with E-state index >= 15 is 0 Å². The summed E-state index contributed by atoms with van der Waals surface area (Å²) < 4.78 is 5.50. The second kappa shape index (κ2) is 76.3. The minimum Gasteiger partial charge on any atom is -0.466 e. The van der Waals surface area contributed by atoms with Gasteiger partial charge in [0.1, 0.15) is 0 Å². The fourth-order valence-corrected chi connectivity index (χ4v) is 12.4. The molecule has 3 N–H and O–H groups in total. The van der Waals surface area contributed by atoms with Gasteiger partial charge in [-0.15, -0.1) is 0 Å². The fraction of sp³-hybridized carbons (Fsp3) is 0.877. The molecule has 0 aliphatic rings. The van der Waals surface area contributed by atoms with Crippen LogP contribution in [0, 0.1) is 0 Å². The van der Waals surface area contributed by atoms with Gasteiger partial charge < -0.3 is 20.3 Å². The molecule has 0 saturated carbocycles. The number of carbonyl (C=O) groups is 2. The van der Waals surface area contributed by atoms with Crippen molar-refractivity contribution in [2.24, 2.45) is 0 Å². The van der Waals surface area contributed by atoms with Crippen molar-refractivity contribution < 1.29 is 24.5 Å². The van der Waals surface area contributed by atoms with E-state index < -0.39 is 12.1 Å². The molecule has 0 aliphatic heterocycles. The first kappa shape index (κ1) is 84.8. The van der Waals surface area contributed by atoms with Crippen molar-refractivity contribution in [3.05, 3.63) is 48.6 Å². The highest BCUT2D eigenvalue weighted by Gasteiger charge is 2.20. The Labute approximate surface area is 544 Å². The Kier molecular flexibility index (Phi) is 74.4. The lowest BCUT2D eigenvalue weighted by atomic mass is 10.0. The third-order valence-electron chi connectivity index (χ3n) is 18.4. The maximum absolute atomic E-state index is 12.6. The van der Waals surface area contributed by atoms with Crippen LogP contribution in [0.1, 0.15) is 431 Å². The molecule has 0 heterocycles. The zero-order chi connectivity index (χ0) is 62.8. The van der Waals surface area contributed by atoms with Crippen LogP contribution in [0.3, 0.4) is 0 Å². The molecule has 6 heteroatoms. The molecule has 2 atom stereocenters. The number of amides is 1. The van der Waals surface area contributed by atoms with Crippen molar-refractivity contribution in [3.63, 3.8) is 0 Å². The van der Waals surface area contributed by atoms with Gasteiger partial charge in [0.15, 0.2) is 0 Å². The van der Waals surface area contributed by atoms with E-state index in [0.717, 1.165) is 57.8 Å². The van der Waals surface area contributed by atoms with E-state index in [9.17, 15) is 19.8 Å². The summed E-state index contributed by atoms with van der Waals surface area (Å²) in [6.07, 6.45) is 100. The molecule has 0 spiro atoms. The molecule has 1 amide bonds. The van der Waals surface area contributed by atoms with Crippen molar-refractivity contribution in [1.82, 2.24) is 5.32 Å². The van der Waals surface area contributed by atoms with E-state index in [1.54, 1.807) is 0 Å². The molecule has 0 aromatic carbocycles. The second-order valence-electron chi connectivity index (χ2n) is 27.0. The van der Waals surface area contributed by atoms with Crippen LogP contribution in [0.5, 0.6) is 0 Å². The molecule has 0 radical (unpaired) electrons. The van der Waals surface area contributed by atoms with Crippen molar-refractivity contribution >= 4 is 11.9 Å². The van der Waals surface area contributed by atoms with E-state index in [1.165, 1.54) is 340 Å². The SMILES string of the molecule is CCCCCC/C=C\C/C=C\CCCCCCCCCC(=O)OCCCCCCCCCCC/C=C\C/C=C\CCCCCCCCCCCCCCCCCC(=O)NC(CO)C(O)CCCCCCCCCCCCCCCCCCCCCCC. The number of nitrogens with one attached hydrogen (secondary N) is 1. The summed E-state index contributed by atoms with van der Waals surface area (Å²) in [6.45, 7) is 4.97. The van der Waals surface area contributed by atoms with Gasteiger partial charge in [-0.1, -0.05) is 377 Å². The van der Waals surface area contributed by atoms with Crippen LogP contribution >= 0.6 is 0 Å². The third kappa shape index (κ3) is 72.8. The van der Waals surface area contributed by atoms with Crippen LogP contribution in [-0.4, -0.2) is 47.4 Å². The molecule has 6 nitrogen and oxygen atoms in total. The highest BCUT2D eigenvalue weighted by molar-refractivity contribution is 5.76. The second-order valence-corrected chi connectivity index (χ2v) is 27.0. The molecule has 0 bridgehead atoms. The molecule has 0 aliphatic carbocycles. The zero-order valence-electron chi connectivity index (χ0n) is 58.8. The Morgan fingerprint density at radius 1 is 0.322 bits per heavy atom. The lowest BCUT2D eigenvalue weighted by Gasteiger charge is -2.22. The Balaban J connectivity index is 3.39. The number of ether oxygens (including phenoxy) is 1. The van der Waals surface area contributed by atoms with Gasteiger partial charge in [-0.3, -0.25) is 9.59 Å². The zero-order valence-corrected chi connectivity index (χ0v) is 58.8. The normalized spacial score (nSPS) is 12.7. The molecule has 0 saturated heterocycles. The highest BCUT2D eigenvalue weighted by atomic mass is 16.5. The molecule has 0 rings (SSSR count). The predicted octanol–water partition coefficient (Wildman–Crippen LogP) is 26.0. The van der Waals surface area contributed by atoms with Gasteiger partial charge in [0.2, 0.25) is 5.91 Å². The van der Waals surface area contributed by atoms with Crippen LogP contribution < -0.4 is 5.32 Å². The van der Waals surface area contributed by atoms with Gasteiger partial charge in [0.25, 0.3) is 0 Å². The van der Waals surface area contributed by atoms with Crippen LogP contribution in [0.15, 0.2) is 48.6 Å². The Morgan fingerprint density at radius 3 is 0.885 bits per heavy atom. The maximum atomic E-state index is 12.6. The quantitative estimate of drug-likeness (QED) is 0.0320. The first-order chi connectivity index (χ1) is 43.0. The summed E-state index contributed by atoms with van der Waals surface area (Å²) in [6, 6.07) is -0.543. The van der Waals surface area contributed by atoms with Crippen LogP contribution in [0.2, 0.25) is 0 Å². The van der Waals surface area contributed by atoms with Crippen molar-refractivity contribution in [1.29, 1.82) is 0 Å². The van der Waals surface area contributed by atoms with Crippen molar-refractivity contribution in [3.8, 4) is 0 Å². The van der Waals surface area contributed by atoms with Crippen LogP contribution in [0.25, 0.3) is 0 Å². The molecule has 512 valence electrons. The number of carbonyl (C=O) groups excluding carboxylic acids is 2. The number of aliphatic hydroxyl groups is 2. The number of esters is 1. The van der Waals surface area contributed by atoms with E-state index in [1.807, 2.05) is 0 Å². The summed E-state index contributed by atoms with van der Waals surface area (Å²) >= 11 is 0. The largest absolute Gasteiger partial charge is 0.466 e. The van der Waals surface area contributed by atoms with Crippen LogP contribution in [0.4, 0.5) is 0 Å². The summed E-state index contributed by atoms with van der Waals surface area (Å²) in [7, 11) is 0. The monoisotopic (exact) mass is 1220 g/mol. The number of hydrogen-bond acceptors (Lipinski definition) is 5. The molecular formula is C81H153NO5. The first-order valence-corrected chi connectivity index (χ1v) is 39.4. The van der Waals surface area contributed by atoms with Crippen molar-refractivity contribution in [2.75, 3.05) is 13.2 Å². The average molecular weight is 1220 g/mol. The maximum Gasteiger partial charge on any atom is 0.305 e. The van der Waals surface area contributed by atoms with E-state index in [-0.39, 0.29) is 18.5 Å². The average Bonchev–Trinajstić information content (AvgIpc) is 3.52. The topological polar surface area (TPSA) is 95.9 Å². The Morgan fingerprint density at radius 2 is 0.575 bits per heavy atom. The molecule has 87 heavy (non-hydrogen) atoms. The van der Waals surface area contributed by atoms with E-state index in [0.29, 0.717) is 25.9 Å². The number of allylic oxidation sites excluding steroid dienone is 8. The molecule has 0 aromatic heterocycles. The molecular weight excluding hydrogens is 1070 g/mol. The van der Waals surface area contributed by atoms with Gasteiger partial charge >= 0.3 is 5.97 Å². The van der Waals surface area contributed by atoms with Gasteiger partial charge in [-0.25, -0.2) is 0 Å². The minimum atomic E-state index is -0.666. The van der Waals surface area contributed by atoms with Gasteiger partial charge in [-0.2, -0.15) is 0 Å². The van der Waals surface area contributed by atoms with Gasteiger partial charge in [0.05, 0.1) is 25.4 Å². The lowest BCUT2D eigenvalue weighted by molar-refractivity contribution is -0.143. The van der Waals surface area contributed by atoms with Gasteiger partial charge in [-0.05, 0) is 89.9 Å². The first-order valence-electron chi connectivity index (χ1n) is 39.4. The summed E-state index contributed by atoms with van der Waals surface area (Å²) in [4.78, 5) is 24.7. The predicted molar refractivity (Wildman–Crippen MR) is 384 cm³/mol. The van der Waals surface area contributed by atoms with E-state index in [2.05, 4.69) is 67.8 Å². The third-order valence-corrected chi connectivity index (χ3v) is 18.4. The van der Waals surface area contributed by atoms with E-state index in [4.69, 9.17) is 4.74 Å². The summed E-state index contributed by atoms with van der Waals surface area (Å²) in [5, 5.41) is 23.4. The van der Waals surface area contributed by atoms with Gasteiger partial charge in [0, 0.05) is 12.8 Å². The highest BCUT2D eigenvalue weighted by Crippen LogP contribution is 2.19. The lowest BCUT2D eigenvalue weighted by Crippen LogP contribution is -2.45. The van der Waals surface area contributed by atoms with Crippen LogP contribution in [-0.2, 0) is 14.3 Å². The molecule has 0 aromatic rings. The number of hydrogen-bond donors (Lipinski definition) is 3. The number of unbranched alkanes of at least 4 members (excludes halogenated alkanes) is 55. The summed E-state index contributed by atoms with van der Waals surface area (Å²) in [5.74, 6) is -0.0236. The number of rotatable bonds is 74. The standard InChI is InChI=1S/C81H153NO5/c1-3-5-7-9-11-13-15-17-19-21-23-35-38-41-45-49-53-57-61-65-69-73-79(84)78(77-83)82-80(85)74-70-66-62-58-54-50-46-42-39-36-33-31-29-27-25-24-26-28-30-32-34-37-40-44-48-52-56-60-64-68-72-76-87-81(86)75-71-67-63-59-55-51-47-43-22-20-18-16-14-12-10-8-6-4-2/h14,16,20,22,26,28,32,34,78-79,83-84H,3-13,15,17-19,21,23-25,27,29-31,33,35-77H2,1-2H3,(H,82,85)/b16-14-,22-20-,28-26-,34-32-. The minimum absolute atomic E-state index is 0.00637. The van der Waals surface area contributed by atoms with Crippen molar-refractivity contribution in [2.45, 2.75) is 443 Å². The Bertz CT molecular complexity index is 1450. The Hall–Kier alpha value is -2.18. The fourth-order valence-electron chi connectivity index (χ4n) is 12.4. The number of aliphatic hydroxyl groups excluding tert-OH is 2. The summed E-state index contributed by atoms with van der Waals surface area (Å²) in [5.41, 5.74) is 0. The smallest absolute Gasteiger partial charge is 0.305 e. The molecule has 2 unspecified atom stereocenters. The molecule has 0 fully saturated rings.